The van der Waals surface area contributed by atoms with Crippen molar-refractivity contribution in [2.75, 3.05) is 6.61 Å². The normalized spacial score (nSPS) is 36.6. The number of esters is 1. The highest BCUT2D eigenvalue weighted by atomic mass is 19.1. The second kappa shape index (κ2) is 9.50. The largest absolute Gasteiger partial charge is 0.462 e. The number of carbonyl (C=O) groups is 1. The molecule has 26 heavy (non-hydrogen) atoms. The molecule has 7 atom stereocenters. The van der Waals surface area contributed by atoms with Gasteiger partial charge in [0, 0.05) is 12.5 Å². The zero-order valence-electron chi connectivity index (χ0n) is 16.3. The fourth-order valence-corrected chi connectivity index (χ4v) is 5.03. The van der Waals surface area contributed by atoms with Gasteiger partial charge in [0.25, 0.3) is 0 Å². The third-order valence-electron chi connectivity index (χ3n) is 6.53. The van der Waals surface area contributed by atoms with E-state index >= 15 is 0 Å². The van der Waals surface area contributed by atoms with Gasteiger partial charge in [-0.05, 0) is 56.8 Å². The van der Waals surface area contributed by atoms with E-state index in [4.69, 9.17) is 14.2 Å². The molecule has 0 spiro atoms. The first-order valence-electron chi connectivity index (χ1n) is 10.7. The summed E-state index contributed by atoms with van der Waals surface area (Å²) < 4.78 is 32.1. The Bertz CT molecular complexity index is 451. The summed E-state index contributed by atoms with van der Waals surface area (Å²) in [5.41, 5.74) is 0. The van der Waals surface area contributed by atoms with Crippen LogP contribution >= 0.6 is 0 Å². The van der Waals surface area contributed by atoms with Crippen LogP contribution in [0.1, 0.15) is 78.1 Å². The van der Waals surface area contributed by atoms with Gasteiger partial charge in [-0.15, -0.1) is 0 Å². The van der Waals surface area contributed by atoms with Gasteiger partial charge in [0.05, 0.1) is 12.5 Å². The lowest BCUT2D eigenvalue weighted by molar-refractivity contribution is -0.202. The van der Waals surface area contributed by atoms with Crippen molar-refractivity contribution in [3.63, 3.8) is 0 Å². The van der Waals surface area contributed by atoms with Gasteiger partial charge in [-0.1, -0.05) is 26.7 Å². The van der Waals surface area contributed by atoms with Crippen LogP contribution in [-0.2, 0) is 19.0 Å². The maximum Gasteiger partial charge on any atom is 0.306 e. The predicted molar refractivity (Wildman–Crippen MR) is 97.4 cm³/mol. The molecular formula is C21H35FO4. The molecule has 2 aliphatic heterocycles. The zero-order chi connectivity index (χ0) is 18.5. The van der Waals surface area contributed by atoms with Crippen LogP contribution < -0.4 is 0 Å². The summed E-state index contributed by atoms with van der Waals surface area (Å²) in [6.07, 6.45) is 7.06. The minimum Gasteiger partial charge on any atom is -0.462 e. The van der Waals surface area contributed by atoms with E-state index in [0.29, 0.717) is 43.6 Å². The molecule has 1 aliphatic carbocycles. The molecule has 5 heteroatoms. The first-order valence-corrected chi connectivity index (χ1v) is 10.7. The van der Waals surface area contributed by atoms with Gasteiger partial charge < -0.3 is 14.2 Å². The summed E-state index contributed by atoms with van der Waals surface area (Å²) in [5, 5.41) is 0. The van der Waals surface area contributed by atoms with E-state index in [1.54, 1.807) is 0 Å². The number of hydrogen-bond acceptors (Lipinski definition) is 4. The molecule has 1 saturated carbocycles. The van der Waals surface area contributed by atoms with Gasteiger partial charge in [0.1, 0.15) is 12.3 Å². The standard InChI is InChI=1S/C21H35FO4/c1-3-4-7-17(22)18(26-21-8-5-6-11-24-21)10-9-15-14(2)12-19-16(15)13-20(23)25-19/h14-19,21H,3-13H2,1-2H3/t14-,15-,16-,17-,18-,19+,21?/m1/s1. The predicted octanol–water partition coefficient (Wildman–Crippen LogP) is 4.79. The maximum atomic E-state index is 14.9. The van der Waals surface area contributed by atoms with Crippen LogP contribution in [0.5, 0.6) is 0 Å². The fourth-order valence-electron chi connectivity index (χ4n) is 5.03. The Kier molecular flexibility index (Phi) is 7.33. The van der Waals surface area contributed by atoms with Gasteiger partial charge >= 0.3 is 5.97 Å². The van der Waals surface area contributed by atoms with Crippen molar-refractivity contribution >= 4 is 5.97 Å². The molecule has 2 saturated heterocycles. The second-order valence-electron chi connectivity index (χ2n) is 8.48. The molecule has 0 aromatic heterocycles. The number of halogens is 1. The smallest absolute Gasteiger partial charge is 0.306 e. The number of alkyl halides is 1. The lowest BCUT2D eigenvalue weighted by Gasteiger charge is -2.31. The van der Waals surface area contributed by atoms with Crippen LogP contribution in [0.3, 0.4) is 0 Å². The summed E-state index contributed by atoms with van der Waals surface area (Å²) in [6.45, 7) is 5.04. The van der Waals surface area contributed by atoms with Gasteiger partial charge in [0.2, 0.25) is 0 Å². The molecule has 0 amide bonds. The maximum absolute atomic E-state index is 14.9. The Morgan fingerprint density at radius 2 is 2.15 bits per heavy atom. The highest BCUT2D eigenvalue weighted by molar-refractivity contribution is 5.72. The minimum atomic E-state index is -0.936. The molecule has 2 heterocycles. The Balaban J connectivity index is 1.56. The van der Waals surface area contributed by atoms with Crippen molar-refractivity contribution in [2.45, 2.75) is 103 Å². The number of hydrogen-bond donors (Lipinski definition) is 0. The highest BCUT2D eigenvalue weighted by Crippen LogP contribution is 2.47. The molecule has 1 unspecified atom stereocenters. The topological polar surface area (TPSA) is 44.8 Å². The Labute approximate surface area is 157 Å². The van der Waals surface area contributed by atoms with Crippen molar-refractivity contribution in [3.05, 3.63) is 0 Å². The fraction of sp³-hybridized carbons (Fsp3) is 0.952. The monoisotopic (exact) mass is 370 g/mol. The third kappa shape index (κ3) is 4.98. The van der Waals surface area contributed by atoms with E-state index in [0.717, 1.165) is 44.9 Å². The average Bonchev–Trinajstić information content (AvgIpc) is 3.12. The zero-order valence-corrected chi connectivity index (χ0v) is 16.3. The summed E-state index contributed by atoms with van der Waals surface area (Å²) >= 11 is 0. The number of carbonyl (C=O) groups excluding carboxylic acids is 1. The summed E-state index contributed by atoms with van der Waals surface area (Å²) in [4.78, 5) is 11.6. The summed E-state index contributed by atoms with van der Waals surface area (Å²) in [5.74, 6) is 1.21. The number of fused-ring (bicyclic) bond motifs is 1. The summed E-state index contributed by atoms with van der Waals surface area (Å²) in [6, 6.07) is 0. The van der Waals surface area contributed by atoms with Gasteiger partial charge in [-0.2, -0.15) is 0 Å². The van der Waals surface area contributed by atoms with Gasteiger partial charge in [0.15, 0.2) is 6.29 Å². The van der Waals surface area contributed by atoms with E-state index < -0.39 is 12.3 Å². The first-order chi connectivity index (χ1) is 12.6. The minimum absolute atomic E-state index is 0.0633. The Hall–Kier alpha value is -0.680. The number of ether oxygens (including phenoxy) is 3. The van der Waals surface area contributed by atoms with Crippen LogP contribution in [0.25, 0.3) is 0 Å². The Morgan fingerprint density at radius 3 is 2.88 bits per heavy atom. The molecule has 150 valence electrons. The van der Waals surface area contributed by atoms with Crippen LogP contribution in [0.4, 0.5) is 4.39 Å². The lowest BCUT2D eigenvalue weighted by Crippen LogP contribution is -2.34. The van der Waals surface area contributed by atoms with Crippen LogP contribution in [0, 0.1) is 17.8 Å². The van der Waals surface area contributed by atoms with E-state index in [1.165, 1.54) is 0 Å². The molecule has 3 aliphatic rings. The van der Waals surface area contributed by atoms with Gasteiger partial charge in [-0.25, -0.2) is 4.39 Å². The van der Waals surface area contributed by atoms with Crippen molar-refractivity contribution in [1.82, 2.24) is 0 Å². The van der Waals surface area contributed by atoms with E-state index in [2.05, 4.69) is 13.8 Å². The lowest BCUT2D eigenvalue weighted by atomic mass is 9.83. The molecule has 3 rings (SSSR count). The second-order valence-corrected chi connectivity index (χ2v) is 8.48. The van der Waals surface area contributed by atoms with Gasteiger partial charge in [-0.3, -0.25) is 4.79 Å². The third-order valence-corrected chi connectivity index (χ3v) is 6.53. The molecule has 0 aromatic carbocycles. The molecular weight excluding hydrogens is 335 g/mol. The SMILES string of the molecule is CCCC[C@@H](F)[C@@H](CC[C@H]1[C@H]2CC(=O)O[C@H]2C[C@H]1C)OC1CCCCO1. The Morgan fingerprint density at radius 1 is 1.31 bits per heavy atom. The molecule has 0 bridgehead atoms. The molecule has 0 N–H and O–H groups in total. The molecule has 4 nitrogen and oxygen atoms in total. The van der Waals surface area contributed by atoms with Crippen molar-refractivity contribution in [3.8, 4) is 0 Å². The van der Waals surface area contributed by atoms with E-state index in [9.17, 15) is 9.18 Å². The first kappa shape index (κ1) is 20.1. The van der Waals surface area contributed by atoms with Crippen molar-refractivity contribution < 1.29 is 23.4 Å². The van der Waals surface area contributed by atoms with E-state index in [-0.39, 0.29) is 18.4 Å². The van der Waals surface area contributed by atoms with Crippen LogP contribution in [-0.4, -0.2) is 37.2 Å². The number of rotatable bonds is 9. The molecule has 3 fully saturated rings. The quantitative estimate of drug-likeness (QED) is 0.547. The van der Waals surface area contributed by atoms with Crippen molar-refractivity contribution in [1.29, 1.82) is 0 Å². The van der Waals surface area contributed by atoms with Crippen molar-refractivity contribution in [2.24, 2.45) is 17.8 Å². The van der Waals surface area contributed by atoms with Crippen LogP contribution in [0.15, 0.2) is 0 Å². The van der Waals surface area contributed by atoms with E-state index in [1.807, 2.05) is 0 Å². The summed E-state index contributed by atoms with van der Waals surface area (Å²) in [7, 11) is 0. The highest BCUT2D eigenvalue weighted by Gasteiger charge is 2.48. The molecule has 0 radical (unpaired) electrons. The average molecular weight is 371 g/mol. The number of unbranched alkanes of at least 4 members (excludes halogenated alkanes) is 1. The van der Waals surface area contributed by atoms with Crippen LogP contribution in [0.2, 0.25) is 0 Å². The molecule has 0 aromatic rings.